The summed E-state index contributed by atoms with van der Waals surface area (Å²) in [6.45, 7) is 0. The third-order valence-corrected chi connectivity index (χ3v) is 6.46. The molecule has 0 atom stereocenters. The van der Waals surface area contributed by atoms with Crippen molar-refractivity contribution < 1.29 is 42.6 Å². The Bertz CT molecular complexity index is 1520. The Kier molecular flexibility index (Phi) is 9.00. The Morgan fingerprint density at radius 2 is 0.548 bits per heavy atom. The molecule has 0 unspecified atom stereocenters. The average molecular weight is 571 g/mol. The monoisotopic (exact) mass is 570 g/mol. The fraction of sp³-hybridized carbons (Fsp3) is 0.273. The maximum absolute atomic E-state index is 5.76. The highest BCUT2D eigenvalue weighted by atomic mass is 16.5. The fourth-order valence-electron chi connectivity index (χ4n) is 4.53. The zero-order valence-corrected chi connectivity index (χ0v) is 24.9. The SMILES string of the molecule is COc1cc2c(c(OC)c1OC)C#Cc1cc(OC)c(OC)c(OC)c1C#Cc1cc(OC)c(OC)c(OC)c1C#C2. The van der Waals surface area contributed by atoms with Crippen molar-refractivity contribution in [2.24, 2.45) is 0 Å². The molecular formula is C33H30O9. The molecule has 0 radical (unpaired) electrons. The van der Waals surface area contributed by atoms with Crippen LogP contribution < -0.4 is 42.6 Å². The molecule has 0 aliphatic heterocycles. The second-order valence-corrected chi connectivity index (χ2v) is 8.45. The van der Waals surface area contributed by atoms with Gasteiger partial charge in [-0.2, -0.15) is 0 Å². The number of benzene rings is 3. The van der Waals surface area contributed by atoms with E-state index in [1.165, 1.54) is 64.0 Å². The van der Waals surface area contributed by atoms with E-state index in [9.17, 15) is 0 Å². The van der Waals surface area contributed by atoms with Crippen molar-refractivity contribution in [1.29, 1.82) is 0 Å². The zero-order valence-electron chi connectivity index (χ0n) is 24.9. The van der Waals surface area contributed by atoms with Crippen molar-refractivity contribution in [3.8, 4) is 87.3 Å². The van der Waals surface area contributed by atoms with Gasteiger partial charge in [-0.05, 0) is 0 Å². The average Bonchev–Trinajstić information content (AvgIpc) is 3.02. The van der Waals surface area contributed by atoms with Gasteiger partial charge in [-0.1, -0.05) is 35.5 Å². The molecule has 0 amide bonds. The van der Waals surface area contributed by atoms with Crippen LogP contribution in [0.5, 0.6) is 51.7 Å². The van der Waals surface area contributed by atoms with E-state index in [2.05, 4.69) is 35.5 Å². The molecule has 3 aromatic rings. The second-order valence-electron chi connectivity index (χ2n) is 8.45. The standard InChI is InChI=1S/C33H30O9/c1-34-25-16-19-10-13-23-21(18-27(36-3)32(41-8)29(23)38-5)12-15-24-20(11-14-22(19)28(37-4)31(25)40-7)17-26(35-2)33(42-9)30(24)39-6/h16-18H,1-9H3. The van der Waals surface area contributed by atoms with Crippen LogP contribution in [0.2, 0.25) is 0 Å². The number of hydrogen-bond donors (Lipinski definition) is 0. The first-order valence-electron chi connectivity index (χ1n) is 12.5. The Hall–Kier alpha value is -5.46. The maximum Gasteiger partial charge on any atom is 0.204 e. The molecule has 0 bridgehead atoms. The van der Waals surface area contributed by atoms with Gasteiger partial charge in [0.05, 0.1) is 80.7 Å². The lowest BCUT2D eigenvalue weighted by Crippen LogP contribution is -2.02. The van der Waals surface area contributed by atoms with Crippen LogP contribution in [0.15, 0.2) is 18.2 Å². The lowest BCUT2D eigenvalue weighted by molar-refractivity contribution is 0.323. The Balaban J connectivity index is 2.26. The summed E-state index contributed by atoms with van der Waals surface area (Å²) in [6.07, 6.45) is 0. The normalized spacial score (nSPS) is 10.5. The molecule has 1 aliphatic carbocycles. The number of hydrogen-bond acceptors (Lipinski definition) is 9. The van der Waals surface area contributed by atoms with Crippen molar-refractivity contribution >= 4 is 0 Å². The molecule has 0 heterocycles. The van der Waals surface area contributed by atoms with Gasteiger partial charge in [0.1, 0.15) is 0 Å². The van der Waals surface area contributed by atoms with Crippen LogP contribution in [0.3, 0.4) is 0 Å². The molecule has 0 saturated heterocycles. The molecule has 4 rings (SSSR count). The van der Waals surface area contributed by atoms with E-state index < -0.39 is 0 Å². The van der Waals surface area contributed by atoms with Gasteiger partial charge < -0.3 is 42.6 Å². The van der Waals surface area contributed by atoms with Crippen LogP contribution in [0, 0.1) is 35.5 Å². The van der Waals surface area contributed by atoms with Crippen molar-refractivity contribution in [2.45, 2.75) is 0 Å². The summed E-state index contributed by atoms with van der Waals surface area (Å²) in [5, 5.41) is 0. The van der Waals surface area contributed by atoms with Crippen LogP contribution in [-0.4, -0.2) is 64.0 Å². The highest BCUT2D eigenvalue weighted by Crippen LogP contribution is 2.45. The molecule has 0 N–H and O–H groups in total. The van der Waals surface area contributed by atoms with Crippen molar-refractivity contribution in [3.05, 3.63) is 51.6 Å². The van der Waals surface area contributed by atoms with Gasteiger partial charge in [-0.3, -0.25) is 0 Å². The molecule has 9 heteroatoms. The fourth-order valence-corrected chi connectivity index (χ4v) is 4.53. The molecule has 9 nitrogen and oxygen atoms in total. The zero-order chi connectivity index (χ0) is 30.4. The number of rotatable bonds is 9. The van der Waals surface area contributed by atoms with Gasteiger partial charge >= 0.3 is 0 Å². The van der Waals surface area contributed by atoms with E-state index in [1.54, 1.807) is 18.2 Å². The molecule has 0 aromatic heterocycles. The molecule has 1 aliphatic rings. The summed E-state index contributed by atoms with van der Waals surface area (Å²) in [5.74, 6) is 22.7. The summed E-state index contributed by atoms with van der Waals surface area (Å²) >= 11 is 0. The van der Waals surface area contributed by atoms with Crippen molar-refractivity contribution in [2.75, 3.05) is 64.0 Å². The predicted molar refractivity (Wildman–Crippen MR) is 156 cm³/mol. The van der Waals surface area contributed by atoms with Gasteiger partial charge in [-0.25, -0.2) is 0 Å². The van der Waals surface area contributed by atoms with E-state index in [4.69, 9.17) is 42.6 Å². The smallest absolute Gasteiger partial charge is 0.204 e. The highest BCUT2D eigenvalue weighted by molar-refractivity contribution is 5.75. The van der Waals surface area contributed by atoms with Crippen molar-refractivity contribution in [1.82, 2.24) is 0 Å². The van der Waals surface area contributed by atoms with Crippen LogP contribution in [0.25, 0.3) is 0 Å². The minimum atomic E-state index is 0.352. The van der Waals surface area contributed by atoms with Gasteiger partial charge in [-0.15, -0.1) is 0 Å². The van der Waals surface area contributed by atoms with Crippen LogP contribution in [0.1, 0.15) is 33.4 Å². The molecule has 216 valence electrons. The Morgan fingerprint density at radius 3 is 0.738 bits per heavy atom. The molecule has 3 aromatic carbocycles. The van der Waals surface area contributed by atoms with E-state index in [0.29, 0.717) is 85.1 Å². The second kappa shape index (κ2) is 12.8. The summed E-state index contributed by atoms with van der Waals surface area (Å²) in [7, 11) is 13.7. The summed E-state index contributed by atoms with van der Waals surface area (Å²) in [5.41, 5.74) is 2.96. The van der Waals surface area contributed by atoms with Gasteiger partial charge in [0, 0.05) is 34.9 Å². The topological polar surface area (TPSA) is 83.1 Å². The van der Waals surface area contributed by atoms with E-state index >= 15 is 0 Å². The number of methoxy groups -OCH3 is 9. The van der Waals surface area contributed by atoms with E-state index in [0.717, 1.165) is 0 Å². The summed E-state index contributed by atoms with van der Waals surface area (Å²) in [6, 6.07) is 5.20. The largest absolute Gasteiger partial charge is 0.493 e. The highest BCUT2D eigenvalue weighted by Gasteiger charge is 2.23. The first kappa shape index (κ1) is 29.5. The number of fused-ring (bicyclic) bond motifs is 3. The molecular weight excluding hydrogens is 540 g/mol. The molecule has 0 spiro atoms. The van der Waals surface area contributed by atoms with E-state index in [1.807, 2.05) is 0 Å². The first-order chi connectivity index (χ1) is 20.4. The molecule has 0 fully saturated rings. The Morgan fingerprint density at radius 1 is 0.310 bits per heavy atom. The van der Waals surface area contributed by atoms with Gasteiger partial charge in [0.15, 0.2) is 34.5 Å². The minimum Gasteiger partial charge on any atom is -0.493 e. The van der Waals surface area contributed by atoms with Crippen LogP contribution >= 0.6 is 0 Å². The van der Waals surface area contributed by atoms with Crippen LogP contribution in [0.4, 0.5) is 0 Å². The minimum absolute atomic E-state index is 0.352. The lowest BCUT2D eigenvalue weighted by atomic mass is 9.99. The first-order valence-corrected chi connectivity index (χ1v) is 12.5. The quantitative estimate of drug-likeness (QED) is 0.274. The third-order valence-electron chi connectivity index (χ3n) is 6.46. The van der Waals surface area contributed by atoms with Crippen LogP contribution in [-0.2, 0) is 0 Å². The molecule has 0 saturated carbocycles. The molecule has 42 heavy (non-hydrogen) atoms. The van der Waals surface area contributed by atoms with E-state index in [-0.39, 0.29) is 0 Å². The predicted octanol–water partition coefficient (Wildman–Crippen LogP) is 4.28. The lowest BCUT2D eigenvalue weighted by Gasteiger charge is -2.17. The Labute approximate surface area is 245 Å². The maximum atomic E-state index is 5.76. The summed E-state index contributed by atoms with van der Waals surface area (Å²) < 4.78 is 50.9. The van der Waals surface area contributed by atoms with Gasteiger partial charge in [0.2, 0.25) is 17.2 Å². The number of ether oxygens (including phenoxy) is 9. The third kappa shape index (κ3) is 5.07. The van der Waals surface area contributed by atoms with Gasteiger partial charge in [0.25, 0.3) is 0 Å². The summed E-state index contributed by atoms with van der Waals surface area (Å²) in [4.78, 5) is 0. The van der Waals surface area contributed by atoms with Crippen molar-refractivity contribution in [3.63, 3.8) is 0 Å².